The van der Waals surface area contributed by atoms with Crippen molar-refractivity contribution in [3.05, 3.63) is 35.9 Å². The standard InChI is InChI=1S/C17H22N4O4/c1-11(22)14-16(24)21-8-7-20(10-13(21)15(23)19-14)17(25)18-9-12-5-3-2-4-6-12/h2-6,11,13-14,22H,7-10H2,1H3,(H,18,25)(H,19,23)/t11-,13+,14+/m0/s1. The largest absolute Gasteiger partial charge is 0.391 e. The third-order valence-electron chi connectivity index (χ3n) is 4.59. The summed E-state index contributed by atoms with van der Waals surface area (Å²) in [7, 11) is 0. The lowest BCUT2D eigenvalue weighted by atomic mass is 10.0. The summed E-state index contributed by atoms with van der Waals surface area (Å²) in [6.07, 6.45) is -0.954. The molecule has 2 aliphatic heterocycles. The molecule has 1 aromatic rings. The molecule has 0 saturated carbocycles. The number of carbonyl (C=O) groups is 3. The van der Waals surface area contributed by atoms with Crippen molar-refractivity contribution in [2.45, 2.75) is 31.7 Å². The molecule has 1 aromatic carbocycles. The maximum atomic E-state index is 12.4. The minimum atomic E-state index is -0.954. The molecule has 0 spiro atoms. The van der Waals surface area contributed by atoms with Gasteiger partial charge in [0.2, 0.25) is 11.8 Å². The normalized spacial score (nSPS) is 24.4. The molecule has 3 rings (SSSR count). The van der Waals surface area contributed by atoms with Crippen LogP contribution >= 0.6 is 0 Å². The third-order valence-corrected chi connectivity index (χ3v) is 4.59. The Balaban J connectivity index is 1.60. The van der Waals surface area contributed by atoms with Crippen molar-refractivity contribution in [2.24, 2.45) is 0 Å². The van der Waals surface area contributed by atoms with Crippen molar-refractivity contribution in [3.63, 3.8) is 0 Å². The van der Waals surface area contributed by atoms with Crippen molar-refractivity contribution < 1.29 is 19.5 Å². The predicted octanol–water partition coefficient (Wildman–Crippen LogP) is -0.712. The highest BCUT2D eigenvalue weighted by molar-refractivity contribution is 5.98. The Hall–Kier alpha value is -2.61. The van der Waals surface area contributed by atoms with Gasteiger partial charge in [-0.3, -0.25) is 9.59 Å². The van der Waals surface area contributed by atoms with Crippen LogP contribution in [0.2, 0.25) is 0 Å². The molecule has 2 fully saturated rings. The summed E-state index contributed by atoms with van der Waals surface area (Å²) in [5, 5.41) is 15.0. The zero-order valence-electron chi connectivity index (χ0n) is 14.0. The van der Waals surface area contributed by atoms with Gasteiger partial charge in [0.05, 0.1) is 12.6 Å². The number of urea groups is 1. The molecule has 2 aliphatic rings. The van der Waals surface area contributed by atoms with Crippen molar-refractivity contribution in [3.8, 4) is 0 Å². The van der Waals surface area contributed by atoms with Crippen LogP contribution in [0.25, 0.3) is 0 Å². The molecule has 0 unspecified atom stereocenters. The fourth-order valence-electron chi connectivity index (χ4n) is 3.16. The Morgan fingerprint density at radius 2 is 2.04 bits per heavy atom. The number of aliphatic hydroxyl groups excluding tert-OH is 1. The van der Waals surface area contributed by atoms with Crippen molar-refractivity contribution >= 4 is 17.8 Å². The summed E-state index contributed by atoms with van der Waals surface area (Å²) in [5.41, 5.74) is 0.986. The molecule has 0 bridgehead atoms. The van der Waals surface area contributed by atoms with Crippen LogP contribution in [-0.4, -0.2) is 70.6 Å². The molecule has 8 nitrogen and oxygen atoms in total. The van der Waals surface area contributed by atoms with Crippen LogP contribution < -0.4 is 10.6 Å². The molecular formula is C17H22N4O4. The maximum absolute atomic E-state index is 12.4. The molecule has 4 amide bonds. The number of amides is 4. The molecule has 0 aliphatic carbocycles. The number of rotatable bonds is 3. The van der Waals surface area contributed by atoms with E-state index in [2.05, 4.69) is 10.6 Å². The summed E-state index contributed by atoms with van der Waals surface area (Å²) in [4.78, 5) is 40.0. The van der Waals surface area contributed by atoms with Gasteiger partial charge in [-0.25, -0.2) is 4.79 Å². The van der Waals surface area contributed by atoms with E-state index in [-0.39, 0.29) is 30.9 Å². The number of carbonyl (C=O) groups excluding carboxylic acids is 3. The molecule has 0 radical (unpaired) electrons. The Labute approximate surface area is 145 Å². The first kappa shape index (κ1) is 17.2. The lowest BCUT2D eigenvalue weighted by Crippen LogP contribution is -2.71. The van der Waals surface area contributed by atoms with Gasteiger partial charge in [-0.1, -0.05) is 30.3 Å². The molecule has 3 N–H and O–H groups in total. The minimum Gasteiger partial charge on any atom is -0.391 e. The van der Waals surface area contributed by atoms with Gasteiger partial charge in [0.25, 0.3) is 0 Å². The van der Waals surface area contributed by atoms with E-state index in [9.17, 15) is 19.5 Å². The first-order valence-corrected chi connectivity index (χ1v) is 8.33. The Morgan fingerprint density at radius 1 is 1.32 bits per heavy atom. The number of hydrogen-bond acceptors (Lipinski definition) is 4. The maximum Gasteiger partial charge on any atom is 0.317 e. The predicted molar refractivity (Wildman–Crippen MR) is 89.4 cm³/mol. The van der Waals surface area contributed by atoms with Crippen molar-refractivity contribution in [1.29, 1.82) is 0 Å². The second kappa shape index (κ2) is 7.10. The number of benzene rings is 1. The molecule has 2 heterocycles. The fraction of sp³-hybridized carbons (Fsp3) is 0.471. The molecule has 25 heavy (non-hydrogen) atoms. The average molecular weight is 346 g/mol. The second-order valence-corrected chi connectivity index (χ2v) is 6.36. The van der Waals surface area contributed by atoms with Gasteiger partial charge in [0, 0.05) is 19.6 Å². The lowest BCUT2D eigenvalue weighted by Gasteiger charge is -2.45. The number of nitrogens with zero attached hydrogens (tertiary/aromatic N) is 2. The number of hydrogen-bond donors (Lipinski definition) is 3. The Kier molecular flexibility index (Phi) is 4.89. The van der Waals surface area contributed by atoms with Crippen LogP contribution in [0.5, 0.6) is 0 Å². The van der Waals surface area contributed by atoms with E-state index < -0.39 is 18.2 Å². The van der Waals surface area contributed by atoms with E-state index in [1.54, 1.807) is 4.90 Å². The molecule has 8 heteroatoms. The van der Waals surface area contributed by atoms with Crippen molar-refractivity contribution in [2.75, 3.05) is 19.6 Å². The monoisotopic (exact) mass is 346 g/mol. The van der Waals surface area contributed by atoms with E-state index in [0.29, 0.717) is 13.1 Å². The van der Waals surface area contributed by atoms with Crippen LogP contribution in [-0.2, 0) is 16.1 Å². The lowest BCUT2D eigenvalue weighted by molar-refractivity contribution is -0.155. The summed E-state index contributed by atoms with van der Waals surface area (Å²) in [6.45, 7) is 2.64. The summed E-state index contributed by atoms with van der Waals surface area (Å²) in [5.74, 6) is -0.644. The van der Waals surface area contributed by atoms with Crippen molar-refractivity contribution in [1.82, 2.24) is 20.4 Å². The third kappa shape index (κ3) is 3.58. The topological polar surface area (TPSA) is 102 Å². The Morgan fingerprint density at radius 3 is 2.72 bits per heavy atom. The zero-order valence-corrected chi connectivity index (χ0v) is 14.0. The first-order valence-electron chi connectivity index (χ1n) is 8.33. The van der Waals surface area contributed by atoms with Gasteiger partial charge >= 0.3 is 6.03 Å². The first-order chi connectivity index (χ1) is 12.0. The molecule has 3 atom stereocenters. The van der Waals surface area contributed by atoms with Gasteiger partial charge in [0.15, 0.2) is 0 Å². The quantitative estimate of drug-likeness (QED) is 0.673. The van der Waals surface area contributed by atoms with E-state index in [1.165, 1.54) is 11.8 Å². The fourth-order valence-corrected chi connectivity index (χ4v) is 3.16. The van der Waals surface area contributed by atoms with Gasteiger partial charge < -0.3 is 25.5 Å². The van der Waals surface area contributed by atoms with E-state index >= 15 is 0 Å². The van der Waals surface area contributed by atoms with Crippen LogP contribution in [0, 0.1) is 0 Å². The highest BCUT2D eigenvalue weighted by atomic mass is 16.3. The molecule has 134 valence electrons. The number of nitrogens with one attached hydrogen (secondary N) is 2. The van der Waals surface area contributed by atoms with Gasteiger partial charge in [-0.2, -0.15) is 0 Å². The van der Waals surface area contributed by atoms with Gasteiger partial charge in [-0.15, -0.1) is 0 Å². The summed E-state index contributed by atoms with van der Waals surface area (Å²) in [6, 6.07) is 7.66. The van der Waals surface area contributed by atoms with Crippen LogP contribution in [0.15, 0.2) is 30.3 Å². The zero-order chi connectivity index (χ0) is 18.0. The molecule has 0 aromatic heterocycles. The van der Waals surface area contributed by atoms with Crippen LogP contribution in [0.1, 0.15) is 12.5 Å². The van der Waals surface area contributed by atoms with E-state index in [0.717, 1.165) is 5.56 Å². The minimum absolute atomic E-state index is 0.144. The summed E-state index contributed by atoms with van der Waals surface area (Å²) >= 11 is 0. The SMILES string of the molecule is C[C@H](O)[C@H]1NC(=O)[C@H]2CN(C(=O)NCc3ccccc3)CCN2C1=O. The van der Waals surface area contributed by atoms with Gasteiger partial charge in [-0.05, 0) is 12.5 Å². The molecule has 2 saturated heterocycles. The number of aliphatic hydroxyl groups is 1. The number of fused-ring (bicyclic) bond motifs is 1. The Bertz CT molecular complexity index is 664. The smallest absolute Gasteiger partial charge is 0.317 e. The number of piperazine rings is 2. The highest BCUT2D eigenvalue weighted by Gasteiger charge is 2.45. The average Bonchev–Trinajstić information content (AvgIpc) is 2.63. The van der Waals surface area contributed by atoms with Crippen LogP contribution in [0.4, 0.5) is 4.79 Å². The van der Waals surface area contributed by atoms with E-state index in [1.807, 2.05) is 30.3 Å². The second-order valence-electron chi connectivity index (χ2n) is 6.36. The molecular weight excluding hydrogens is 324 g/mol. The van der Waals surface area contributed by atoms with E-state index in [4.69, 9.17) is 0 Å². The van der Waals surface area contributed by atoms with Gasteiger partial charge in [0.1, 0.15) is 12.1 Å². The highest BCUT2D eigenvalue weighted by Crippen LogP contribution is 2.17. The van der Waals surface area contributed by atoms with Crippen LogP contribution in [0.3, 0.4) is 0 Å². The summed E-state index contributed by atoms with van der Waals surface area (Å²) < 4.78 is 0.